The van der Waals surface area contributed by atoms with E-state index in [0.717, 1.165) is 0 Å². The van der Waals surface area contributed by atoms with Gasteiger partial charge in [-0.2, -0.15) is 0 Å². The first-order valence-corrected chi connectivity index (χ1v) is 10.5. The molecule has 1 aromatic heterocycles. The van der Waals surface area contributed by atoms with Gasteiger partial charge in [0, 0.05) is 31.6 Å². The number of rotatable bonds is 7. The summed E-state index contributed by atoms with van der Waals surface area (Å²) >= 11 is 0. The number of amides is 3. The summed E-state index contributed by atoms with van der Waals surface area (Å²) in [5.41, 5.74) is 0.751. The molecule has 0 aliphatic carbocycles. The first-order valence-electron chi connectivity index (χ1n) is 10.5. The van der Waals surface area contributed by atoms with Crippen LogP contribution in [0.5, 0.6) is 5.75 Å². The van der Waals surface area contributed by atoms with Crippen molar-refractivity contribution in [3.63, 3.8) is 0 Å². The number of aliphatic carboxylic acids is 1. The van der Waals surface area contributed by atoms with Crippen molar-refractivity contribution in [1.82, 2.24) is 20.1 Å². The van der Waals surface area contributed by atoms with Gasteiger partial charge in [-0.05, 0) is 19.1 Å². The number of aromatic nitrogens is 1. The number of pyridine rings is 1. The molecule has 0 radical (unpaired) electrons. The van der Waals surface area contributed by atoms with Crippen LogP contribution in [0.15, 0.2) is 24.3 Å². The van der Waals surface area contributed by atoms with Crippen LogP contribution in [0.3, 0.4) is 0 Å². The lowest BCUT2D eigenvalue weighted by atomic mass is 10.0. The average molecular weight is 458 g/mol. The number of hydrogen-bond donors (Lipinski definition) is 2. The summed E-state index contributed by atoms with van der Waals surface area (Å²) in [6.45, 7) is 2.74. The van der Waals surface area contributed by atoms with E-state index in [2.05, 4.69) is 10.3 Å². The minimum Gasteiger partial charge on any atom is -0.495 e. The van der Waals surface area contributed by atoms with Gasteiger partial charge in [0.1, 0.15) is 17.9 Å². The fourth-order valence-corrected chi connectivity index (χ4v) is 3.66. The molecule has 0 bridgehead atoms. The number of benzene rings is 1. The molecule has 2 N–H and O–H groups in total. The Bertz CT molecular complexity index is 1060. The van der Waals surface area contributed by atoms with Crippen LogP contribution in [-0.2, 0) is 20.7 Å². The molecular formula is C22H26N4O7. The number of carbonyl (C=O) groups excluding carboxylic acids is 3. The van der Waals surface area contributed by atoms with E-state index in [1.54, 1.807) is 36.1 Å². The van der Waals surface area contributed by atoms with Crippen LogP contribution in [0.4, 0.5) is 4.79 Å². The Labute approximate surface area is 190 Å². The topological polar surface area (TPSA) is 138 Å². The molecular weight excluding hydrogens is 432 g/mol. The third-order valence-electron chi connectivity index (χ3n) is 5.23. The predicted octanol–water partition coefficient (Wildman–Crippen LogP) is 0.901. The number of nitrogens with one attached hydrogen (secondary N) is 1. The van der Waals surface area contributed by atoms with E-state index in [1.807, 2.05) is 0 Å². The van der Waals surface area contributed by atoms with Gasteiger partial charge in [0.05, 0.1) is 31.3 Å². The minimum absolute atomic E-state index is 0.0240. The van der Waals surface area contributed by atoms with Crippen molar-refractivity contribution < 1.29 is 33.8 Å². The van der Waals surface area contributed by atoms with E-state index in [0.29, 0.717) is 37.1 Å². The smallest absolute Gasteiger partial charge is 0.409 e. The number of piperazine rings is 1. The second-order valence-electron chi connectivity index (χ2n) is 7.30. The maximum Gasteiger partial charge on any atom is 0.409 e. The second kappa shape index (κ2) is 10.6. The number of fused-ring (bicyclic) bond motifs is 1. The van der Waals surface area contributed by atoms with E-state index in [1.165, 1.54) is 12.0 Å². The number of para-hydroxylation sites is 1. The number of carboxylic acids is 1. The summed E-state index contributed by atoms with van der Waals surface area (Å²) in [5, 5.41) is 11.8. The molecule has 0 atom stereocenters. The number of nitrogens with zero attached hydrogens (tertiary/aromatic N) is 3. The zero-order chi connectivity index (χ0) is 24.0. The van der Waals surface area contributed by atoms with Crippen molar-refractivity contribution in [2.75, 3.05) is 46.4 Å². The van der Waals surface area contributed by atoms with Crippen LogP contribution in [0.25, 0.3) is 10.9 Å². The highest BCUT2D eigenvalue weighted by atomic mass is 16.6. The molecule has 2 aromatic rings. The van der Waals surface area contributed by atoms with Crippen LogP contribution >= 0.6 is 0 Å². The number of carboxylic acid groups (broad SMARTS) is 1. The summed E-state index contributed by atoms with van der Waals surface area (Å²) in [5.74, 6) is -1.94. The standard InChI is InChI=1S/C22H26N4O7/c1-3-33-22(31)26-10-8-25(9-11-26)17(27)12-16-19(21(30)23-13-18(28)29)20(32-2)14-6-4-5-7-15(14)24-16/h4-7H,3,8-13H2,1-2H3,(H,23,30)(H,28,29). The monoisotopic (exact) mass is 458 g/mol. The molecule has 0 unspecified atom stereocenters. The van der Waals surface area contributed by atoms with E-state index < -0.39 is 24.5 Å². The first kappa shape index (κ1) is 23.8. The highest BCUT2D eigenvalue weighted by Crippen LogP contribution is 2.31. The van der Waals surface area contributed by atoms with Crippen LogP contribution in [0, 0.1) is 0 Å². The summed E-state index contributed by atoms with van der Waals surface area (Å²) in [6.07, 6.45) is -0.598. The largest absolute Gasteiger partial charge is 0.495 e. The maximum absolute atomic E-state index is 13.0. The van der Waals surface area contributed by atoms with E-state index >= 15 is 0 Å². The Morgan fingerprint density at radius 3 is 2.39 bits per heavy atom. The lowest BCUT2D eigenvalue weighted by Gasteiger charge is -2.34. The number of hydrogen-bond acceptors (Lipinski definition) is 7. The molecule has 2 heterocycles. The quantitative estimate of drug-likeness (QED) is 0.624. The van der Waals surface area contributed by atoms with Crippen molar-refractivity contribution >= 4 is 34.8 Å². The van der Waals surface area contributed by atoms with Crippen LogP contribution in [-0.4, -0.2) is 90.2 Å². The molecule has 11 heteroatoms. The van der Waals surface area contributed by atoms with Gasteiger partial charge < -0.3 is 29.7 Å². The SMILES string of the molecule is CCOC(=O)N1CCN(C(=O)Cc2nc3ccccc3c(OC)c2C(=O)NCC(=O)O)CC1. The highest BCUT2D eigenvalue weighted by molar-refractivity contribution is 6.05. The van der Waals surface area contributed by atoms with Crippen molar-refractivity contribution in [3.05, 3.63) is 35.5 Å². The van der Waals surface area contributed by atoms with Crippen LogP contribution in [0.2, 0.25) is 0 Å². The molecule has 11 nitrogen and oxygen atoms in total. The van der Waals surface area contributed by atoms with Gasteiger partial charge in [-0.3, -0.25) is 19.4 Å². The Kier molecular flexibility index (Phi) is 7.65. The normalized spacial score (nSPS) is 13.5. The fourth-order valence-electron chi connectivity index (χ4n) is 3.66. The lowest BCUT2D eigenvalue weighted by molar-refractivity contribution is -0.136. The minimum atomic E-state index is -1.20. The van der Waals surface area contributed by atoms with Gasteiger partial charge >= 0.3 is 12.1 Å². The first-order chi connectivity index (χ1) is 15.8. The molecule has 3 amide bonds. The highest BCUT2D eigenvalue weighted by Gasteiger charge is 2.28. The van der Waals surface area contributed by atoms with E-state index in [-0.39, 0.29) is 35.9 Å². The van der Waals surface area contributed by atoms with Crippen molar-refractivity contribution in [2.24, 2.45) is 0 Å². The number of methoxy groups -OCH3 is 1. The third-order valence-corrected chi connectivity index (χ3v) is 5.23. The Hall–Kier alpha value is -3.89. The Morgan fingerprint density at radius 1 is 1.09 bits per heavy atom. The molecule has 1 saturated heterocycles. The number of carbonyl (C=O) groups is 4. The maximum atomic E-state index is 13.0. The summed E-state index contributed by atoms with van der Waals surface area (Å²) in [7, 11) is 1.40. The van der Waals surface area contributed by atoms with Crippen molar-refractivity contribution in [1.29, 1.82) is 0 Å². The number of ether oxygens (including phenoxy) is 2. The van der Waals surface area contributed by atoms with Gasteiger partial charge in [-0.1, -0.05) is 12.1 Å². The molecule has 1 aliphatic rings. The fraction of sp³-hybridized carbons (Fsp3) is 0.409. The molecule has 0 saturated carbocycles. The van der Waals surface area contributed by atoms with Gasteiger partial charge in [-0.15, -0.1) is 0 Å². The Morgan fingerprint density at radius 2 is 1.76 bits per heavy atom. The van der Waals surface area contributed by atoms with Crippen LogP contribution in [0.1, 0.15) is 23.0 Å². The van der Waals surface area contributed by atoms with Gasteiger partial charge in [0.25, 0.3) is 5.91 Å². The Balaban J connectivity index is 1.86. The zero-order valence-electron chi connectivity index (χ0n) is 18.5. The molecule has 1 fully saturated rings. The van der Waals surface area contributed by atoms with Crippen LogP contribution < -0.4 is 10.1 Å². The molecule has 1 aliphatic heterocycles. The summed E-state index contributed by atoms with van der Waals surface area (Å²) < 4.78 is 10.5. The zero-order valence-corrected chi connectivity index (χ0v) is 18.5. The molecule has 0 spiro atoms. The molecule has 176 valence electrons. The van der Waals surface area contributed by atoms with Crippen molar-refractivity contribution in [2.45, 2.75) is 13.3 Å². The molecule has 3 rings (SSSR count). The second-order valence-corrected chi connectivity index (χ2v) is 7.30. The van der Waals surface area contributed by atoms with Gasteiger partial charge in [0.15, 0.2) is 0 Å². The van der Waals surface area contributed by atoms with E-state index in [4.69, 9.17) is 14.6 Å². The summed E-state index contributed by atoms with van der Waals surface area (Å²) in [6, 6.07) is 7.01. The van der Waals surface area contributed by atoms with E-state index in [9.17, 15) is 19.2 Å². The van der Waals surface area contributed by atoms with Crippen molar-refractivity contribution in [3.8, 4) is 5.75 Å². The third kappa shape index (κ3) is 5.48. The van der Waals surface area contributed by atoms with Gasteiger partial charge in [0.2, 0.25) is 5.91 Å². The predicted molar refractivity (Wildman–Crippen MR) is 117 cm³/mol. The average Bonchev–Trinajstić information content (AvgIpc) is 2.81. The molecule has 1 aromatic carbocycles. The molecule has 33 heavy (non-hydrogen) atoms. The van der Waals surface area contributed by atoms with Gasteiger partial charge in [-0.25, -0.2) is 4.79 Å². The summed E-state index contributed by atoms with van der Waals surface area (Å²) in [4.78, 5) is 56.3. The lowest BCUT2D eigenvalue weighted by Crippen LogP contribution is -2.51.